The van der Waals surface area contributed by atoms with Crippen LogP contribution >= 0.6 is 0 Å². The van der Waals surface area contributed by atoms with Crippen LogP contribution in [0.3, 0.4) is 0 Å². The number of phenolic OH excluding ortho intramolecular Hbond substituents is 2. The van der Waals surface area contributed by atoms with Crippen LogP contribution in [0.5, 0.6) is 11.5 Å². The number of esters is 1. The molecular formula is C22H26N4O6S. The molecule has 1 heterocycles. The Bertz CT molecular complexity index is 1280. The van der Waals surface area contributed by atoms with Crippen molar-refractivity contribution in [2.45, 2.75) is 33.2 Å². The maximum Gasteiger partial charge on any atom is 0.327 e. The van der Waals surface area contributed by atoms with Crippen molar-refractivity contribution in [3.63, 3.8) is 0 Å². The summed E-state index contributed by atoms with van der Waals surface area (Å²) >= 11 is 0. The number of benzene rings is 2. The molecule has 10 nitrogen and oxygen atoms in total. The van der Waals surface area contributed by atoms with Crippen LogP contribution in [0, 0.1) is 0 Å². The van der Waals surface area contributed by atoms with E-state index in [2.05, 4.69) is 15.0 Å². The second-order valence-electron chi connectivity index (χ2n) is 7.79. The van der Waals surface area contributed by atoms with Gasteiger partial charge in [-0.15, -0.1) is 5.10 Å². The number of aromatic nitrogens is 3. The molecule has 3 N–H and O–H groups in total. The first-order valence-electron chi connectivity index (χ1n) is 10.2. The van der Waals surface area contributed by atoms with Crippen molar-refractivity contribution < 1.29 is 28.2 Å². The number of sulfonamides is 1. The maximum absolute atomic E-state index is 12.2. The highest BCUT2D eigenvalue weighted by Crippen LogP contribution is 2.41. The molecule has 0 unspecified atom stereocenters. The van der Waals surface area contributed by atoms with Crippen LogP contribution in [0.25, 0.3) is 22.5 Å². The van der Waals surface area contributed by atoms with Gasteiger partial charge in [-0.25, -0.2) is 13.1 Å². The number of hydrogen-bond acceptors (Lipinski definition) is 8. The maximum atomic E-state index is 12.2. The highest BCUT2D eigenvalue weighted by Gasteiger charge is 2.23. The first kappa shape index (κ1) is 24.1. The second kappa shape index (κ2) is 9.49. The van der Waals surface area contributed by atoms with Crippen LogP contribution in [0.2, 0.25) is 0 Å². The molecule has 3 aromatic rings. The van der Waals surface area contributed by atoms with E-state index in [9.17, 15) is 23.4 Å². The normalized spacial score (nSPS) is 11.5. The van der Waals surface area contributed by atoms with Crippen LogP contribution in [-0.2, 0) is 26.1 Å². The summed E-state index contributed by atoms with van der Waals surface area (Å²) in [7, 11) is -3.52. The number of hydrogen-bond donors (Lipinski definition) is 3. The Hall–Kier alpha value is -3.60. The number of phenols is 2. The fourth-order valence-electron chi connectivity index (χ4n) is 3.41. The molecule has 0 aliphatic carbocycles. The average Bonchev–Trinajstić information content (AvgIpc) is 3.10. The van der Waals surface area contributed by atoms with Gasteiger partial charge in [-0.2, -0.15) is 0 Å². The smallest absolute Gasteiger partial charge is 0.327 e. The third kappa shape index (κ3) is 5.61. The lowest BCUT2D eigenvalue weighted by atomic mass is 9.96. The summed E-state index contributed by atoms with van der Waals surface area (Å²) in [6.45, 7) is 5.44. The van der Waals surface area contributed by atoms with E-state index in [-0.39, 0.29) is 36.3 Å². The molecule has 0 aliphatic heterocycles. The lowest BCUT2D eigenvalue weighted by molar-refractivity contribution is -0.144. The SMILES string of the molecule is CCOC(=O)Cn1nnc(-c2cc(C(C)C)c(O)cc2O)c1-c1cccc(NS(C)(=O)=O)c1. The first-order valence-corrected chi connectivity index (χ1v) is 12.1. The molecule has 33 heavy (non-hydrogen) atoms. The van der Waals surface area contributed by atoms with Gasteiger partial charge >= 0.3 is 5.97 Å². The molecule has 0 radical (unpaired) electrons. The van der Waals surface area contributed by atoms with E-state index in [1.807, 2.05) is 13.8 Å². The van der Waals surface area contributed by atoms with Crippen LogP contribution in [0.15, 0.2) is 36.4 Å². The van der Waals surface area contributed by atoms with Gasteiger partial charge in [0, 0.05) is 22.9 Å². The molecule has 0 amide bonds. The van der Waals surface area contributed by atoms with Crippen molar-refractivity contribution >= 4 is 21.7 Å². The highest BCUT2D eigenvalue weighted by atomic mass is 32.2. The number of nitrogens with one attached hydrogen (secondary N) is 1. The van der Waals surface area contributed by atoms with Gasteiger partial charge in [0.2, 0.25) is 10.0 Å². The van der Waals surface area contributed by atoms with E-state index in [0.717, 1.165) is 6.26 Å². The number of carbonyl (C=O) groups excluding carboxylic acids is 1. The zero-order chi connectivity index (χ0) is 24.3. The first-order chi connectivity index (χ1) is 15.5. The Kier molecular flexibility index (Phi) is 6.92. The van der Waals surface area contributed by atoms with Crippen LogP contribution in [0.1, 0.15) is 32.3 Å². The largest absolute Gasteiger partial charge is 0.508 e. The number of rotatable bonds is 8. The predicted molar refractivity (Wildman–Crippen MR) is 123 cm³/mol. The van der Waals surface area contributed by atoms with Crippen molar-refractivity contribution in [3.8, 4) is 34.0 Å². The highest BCUT2D eigenvalue weighted by molar-refractivity contribution is 7.92. The second-order valence-corrected chi connectivity index (χ2v) is 9.54. The molecule has 0 aliphatic rings. The van der Waals surface area contributed by atoms with Crippen LogP contribution in [-0.4, -0.2) is 52.5 Å². The summed E-state index contributed by atoms with van der Waals surface area (Å²) in [6.07, 6.45) is 1.04. The quantitative estimate of drug-likeness (QED) is 0.423. The fourth-order valence-corrected chi connectivity index (χ4v) is 3.97. The fraction of sp³-hybridized carbons (Fsp3) is 0.318. The number of nitrogens with zero attached hydrogens (tertiary/aromatic N) is 3. The van der Waals surface area contributed by atoms with Crippen molar-refractivity contribution in [2.24, 2.45) is 0 Å². The molecule has 0 spiro atoms. The summed E-state index contributed by atoms with van der Waals surface area (Å²) in [5.74, 6) is -0.833. The van der Waals surface area contributed by atoms with E-state index < -0.39 is 16.0 Å². The number of carbonyl (C=O) groups is 1. The third-order valence-electron chi connectivity index (χ3n) is 4.78. The van der Waals surface area contributed by atoms with Crippen molar-refractivity contribution in [2.75, 3.05) is 17.6 Å². The Morgan fingerprint density at radius 3 is 2.55 bits per heavy atom. The van der Waals surface area contributed by atoms with Gasteiger partial charge in [0.15, 0.2) is 0 Å². The van der Waals surface area contributed by atoms with E-state index in [1.54, 1.807) is 37.3 Å². The van der Waals surface area contributed by atoms with Crippen molar-refractivity contribution in [1.82, 2.24) is 15.0 Å². The number of ether oxygens (including phenoxy) is 1. The number of aromatic hydroxyl groups is 2. The molecule has 0 fully saturated rings. The van der Waals surface area contributed by atoms with Gasteiger partial charge < -0.3 is 14.9 Å². The summed E-state index contributed by atoms with van der Waals surface area (Å²) in [5.41, 5.74) is 2.35. The Morgan fingerprint density at radius 2 is 1.91 bits per heavy atom. The summed E-state index contributed by atoms with van der Waals surface area (Å²) in [5, 5.41) is 29.1. The van der Waals surface area contributed by atoms with Gasteiger partial charge in [-0.3, -0.25) is 9.52 Å². The minimum atomic E-state index is -3.52. The standard InChI is InChI=1S/C22H26N4O6S/c1-5-32-20(29)12-26-22(14-7-6-8-15(9-14)24-33(4,30)31)21(23-25-26)17-10-16(13(2)3)18(27)11-19(17)28/h6-11,13,24,27-28H,5,12H2,1-4H3. The van der Waals surface area contributed by atoms with Crippen LogP contribution in [0.4, 0.5) is 5.69 Å². The predicted octanol–water partition coefficient (Wildman–Crippen LogP) is 3.08. The van der Waals surface area contributed by atoms with Crippen molar-refractivity contribution in [3.05, 3.63) is 42.0 Å². The zero-order valence-corrected chi connectivity index (χ0v) is 19.5. The summed E-state index contributed by atoms with van der Waals surface area (Å²) in [6, 6.07) is 9.36. The molecule has 0 bridgehead atoms. The molecule has 11 heteroatoms. The van der Waals surface area contributed by atoms with Gasteiger partial charge in [-0.1, -0.05) is 31.2 Å². The molecular weight excluding hydrogens is 448 g/mol. The van der Waals surface area contributed by atoms with E-state index in [1.165, 1.54) is 10.7 Å². The number of anilines is 1. The molecule has 0 atom stereocenters. The Balaban J connectivity index is 2.22. The molecule has 176 valence electrons. The Labute approximate surface area is 191 Å². The Morgan fingerprint density at radius 1 is 1.18 bits per heavy atom. The molecule has 0 saturated carbocycles. The lowest BCUT2D eigenvalue weighted by Gasteiger charge is -2.14. The van der Waals surface area contributed by atoms with E-state index in [4.69, 9.17) is 4.74 Å². The minimum absolute atomic E-state index is 0.0373. The van der Waals surface area contributed by atoms with Gasteiger partial charge in [-0.05, 0) is 36.6 Å². The molecule has 2 aromatic carbocycles. The van der Waals surface area contributed by atoms with E-state index >= 15 is 0 Å². The average molecular weight is 475 g/mol. The van der Waals surface area contributed by atoms with Crippen LogP contribution < -0.4 is 4.72 Å². The van der Waals surface area contributed by atoms with Gasteiger partial charge in [0.25, 0.3) is 0 Å². The topological polar surface area (TPSA) is 144 Å². The van der Waals surface area contributed by atoms with Crippen molar-refractivity contribution in [1.29, 1.82) is 0 Å². The summed E-state index contributed by atoms with van der Waals surface area (Å²) in [4.78, 5) is 12.2. The lowest BCUT2D eigenvalue weighted by Crippen LogP contribution is -2.15. The van der Waals surface area contributed by atoms with Gasteiger partial charge in [0.1, 0.15) is 23.7 Å². The van der Waals surface area contributed by atoms with E-state index in [0.29, 0.717) is 28.1 Å². The molecule has 0 saturated heterocycles. The van der Waals surface area contributed by atoms with Gasteiger partial charge in [0.05, 0.1) is 18.6 Å². The summed E-state index contributed by atoms with van der Waals surface area (Å²) < 4.78 is 32.2. The monoisotopic (exact) mass is 474 g/mol. The zero-order valence-electron chi connectivity index (χ0n) is 18.7. The minimum Gasteiger partial charge on any atom is -0.508 e. The molecule has 3 rings (SSSR count). The molecule has 1 aromatic heterocycles. The third-order valence-corrected chi connectivity index (χ3v) is 5.39.